The number of ether oxygens (including phenoxy) is 3. The van der Waals surface area contributed by atoms with E-state index in [9.17, 15) is 25.2 Å². The van der Waals surface area contributed by atoms with Crippen molar-refractivity contribution in [1.29, 1.82) is 0 Å². The Kier molecular flexibility index (Phi) is 8.32. The average molecular weight is 384 g/mol. The zero-order valence-electron chi connectivity index (χ0n) is 14.5. The zero-order valence-corrected chi connectivity index (χ0v) is 14.5. The van der Waals surface area contributed by atoms with Crippen molar-refractivity contribution in [2.45, 2.75) is 36.8 Å². The molecule has 0 radical (unpaired) electrons. The first kappa shape index (κ1) is 21.5. The van der Waals surface area contributed by atoms with Gasteiger partial charge in [0.15, 0.2) is 6.29 Å². The Balaban J connectivity index is 1.85. The van der Waals surface area contributed by atoms with E-state index in [0.717, 1.165) is 5.56 Å². The quantitative estimate of drug-likeness (QED) is 0.265. The van der Waals surface area contributed by atoms with Crippen LogP contribution in [0.25, 0.3) is 6.08 Å². The third kappa shape index (κ3) is 6.08. The average Bonchev–Trinajstić information content (AvgIpc) is 2.70. The van der Waals surface area contributed by atoms with Gasteiger partial charge in [0, 0.05) is 6.08 Å². The maximum atomic E-state index is 11.8. The Morgan fingerprint density at radius 3 is 2.44 bits per heavy atom. The lowest BCUT2D eigenvalue weighted by atomic mass is 9.99. The third-order valence-electron chi connectivity index (χ3n) is 4.00. The molecule has 1 heterocycles. The van der Waals surface area contributed by atoms with Gasteiger partial charge in [-0.3, -0.25) is 0 Å². The summed E-state index contributed by atoms with van der Waals surface area (Å²) in [6.45, 7) is -1.48. The molecule has 0 saturated carbocycles. The van der Waals surface area contributed by atoms with Crippen LogP contribution in [0.15, 0.2) is 36.4 Å². The first-order chi connectivity index (χ1) is 13.0. The lowest BCUT2D eigenvalue weighted by molar-refractivity contribution is -0.315. The summed E-state index contributed by atoms with van der Waals surface area (Å²) in [7, 11) is 0. The fourth-order valence-electron chi connectivity index (χ4n) is 2.46. The molecule has 9 heteroatoms. The molecule has 0 amide bonds. The second-order valence-corrected chi connectivity index (χ2v) is 6.01. The molecule has 150 valence electrons. The standard InChI is InChI=1S/C18H24O9/c19-8-12(10-25-14(21)7-6-11-4-2-1-3-5-11)26-18-17(24)16(23)15(22)13(9-20)27-18/h1-7,12-13,15-20,22-24H,8-10H2. The molecular weight excluding hydrogens is 360 g/mol. The van der Waals surface area contributed by atoms with Crippen LogP contribution in [0.4, 0.5) is 0 Å². The summed E-state index contributed by atoms with van der Waals surface area (Å²) in [4.78, 5) is 11.8. The fourth-order valence-corrected chi connectivity index (χ4v) is 2.46. The number of carbonyl (C=O) groups is 1. The largest absolute Gasteiger partial charge is 0.460 e. The van der Waals surface area contributed by atoms with Crippen molar-refractivity contribution in [3.8, 4) is 0 Å². The molecule has 27 heavy (non-hydrogen) atoms. The smallest absolute Gasteiger partial charge is 0.330 e. The van der Waals surface area contributed by atoms with Crippen LogP contribution in [0, 0.1) is 0 Å². The molecule has 1 aliphatic heterocycles. The van der Waals surface area contributed by atoms with Gasteiger partial charge < -0.3 is 39.7 Å². The van der Waals surface area contributed by atoms with Crippen LogP contribution in [0.2, 0.25) is 0 Å². The summed E-state index contributed by atoms with van der Waals surface area (Å²) in [5, 5.41) is 47.9. The molecule has 1 fully saturated rings. The molecular formula is C18H24O9. The fraction of sp³-hybridized carbons (Fsp3) is 0.500. The van der Waals surface area contributed by atoms with Gasteiger partial charge in [-0.15, -0.1) is 0 Å². The van der Waals surface area contributed by atoms with Gasteiger partial charge in [0.05, 0.1) is 13.2 Å². The Bertz CT molecular complexity index is 604. The van der Waals surface area contributed by atoms with Gasteiger partial charge in [-0.1, -0.05) is 30.3 Å². The molecule has 2 rings (SSSR count). The van der Waals surface area contributed by atoms with Crippen molar-refractivity contribution >= 4 is 12.0 Å². The highest BCUT2D eigenvalue weighted by atomic mass is 16.7. The number of hydrogen-bond donors (Lipinski definition) is 5. The van der Waals surface area contributed by atoms with Crippen LogP contribution in [0.5, 0.6) is 0 Å². The summed E-state index contributed by atoms with van der Waals surface area (Å²) in [5.74, 6) is -0.658. The third-order valence-corrected chi connectivity index (χ3v) is 4.00. The molecule has 6 atom stereocenters. The number of aliphatic hydroxyl groups excluding tert-OH is 5. The minimum atomic E-state index is -1.61. The normalized spacial score (nSPS) is 29.6. The van der Waals surface area contributed by atoms with E-state index in [2.05, 4.69) is 0 Å². The van der Waals surface area contributed by atoms with E-state index in [1.54, 1.807) is 6.08 Å². The number of hydrogen-bond acceptors (Lipinski definition) is 9. The summed E-state index contributed by atoms with van der Waals surface area (Å²) < 4.78 is 15.5. The minimum absolute atomic E-state index is 0.330. The van der Waals surface area contributed by atoms with E-state index in [0.29, 0.717) is 0 Å². The molecule has 1 aromatic rings. The van der Waals surface area contributed by atoms with Crippen LogP contribution in [0.1, 0.15) is 5.56 Å². The topological polar surface area (TPSA) is 146 Å². The van der Waals surface area contributed by atoms with Crippen molar-refractivity contribution in [3.63, 3.8) is 0 Å². The van der Waals surface area contributed by atoms with Gasteiger partial charge in [0.2, 0.25) is 0 Å². The van der Waals surface area contributed by atoms with E-state index >= 15 is 0 Å². The molecule has 1 saturated heterocycles. The minimum Gasteiger partial charge on any atom is -0.460 e. The highest BCUT2D eigenvalue weighted by Crippen LogP contribution is 2.23. The van der Waals surface area contributed by atoms with Crippen LogP contribution < -0.4 is 0 Å². The Labute approximate surface area is 156 Å². The van der Waals surface area contributed by atoms with Crippen LogP contribution in [-0.2, 0) is 19.0 Å². The Hall–Kier alpha value is -1.85. The maximum absolute atomic E-state index is 11.8. The first-order valence-electron chi connectivity index (χ1n) is 8.43. The maximum Gasteiger partial charge on any atom is 0.330 e. The van der Waals surface area contributed by atoms with Gasteiger partial charge in [-0.2, -0.15) is 0 Å². The van der Waals surface area contributed by atoms with Crippen molar-refractivity contribution < 1.29 is 44.5 Å². The summed E-state index contributed by atoms with van der Waals surface area (Å²) in [6, 6.07) is 9.10. The van der Waals surface area contributed by atoms with E-state index in [1.807, 2.05) is 30.3 Å². The van der Waals surface area contributed by atoms with Crippen LogP contribution in [0.3, 0.4) is 0 Å². The summed E-state index contributed by atoms with van der Waals surface area (Å²) in [5.41, 5.74) is 0.811. The van der Waals surface area contributed by atoms with Crippen LogP contribution >= 0.6 is 0 Å². The Morgan fingerprint density at radius 1 is 1.11 bits per heavy atom. The molecule has 9 nitrogen and oxygen atoms in total. The zero-order chi connectivity index (χ0) is 19.8. The monoisotopic (exact) mass is 384 g/mol. The molecule has 0 aliphatic carbocycles. The van der Waals surface area contributed by atoms with Gasteiger partial charge in [0.25, 0.3) is 0 Å². The van der Waals surface area contributed by atoms with Crippen LogP contribution in [-0.4, -0.2) is 88.1 Å². The SMILES string of the molecule is O=C(C=Cc1ccccc1)OCC(CO)OC1OC(CO)C(O)C(O)C1O. The predicted molar refractivity (Wildman–Crippen MR) is 92.2 cm³/mol. The number of rotatable bonds is 8. The lowest BCUT2D eigenvalue weighted by Gasteiger charge is -2.40. The highest BCUT2D eigenvalue weighted by molar-refractivity contribution is 5.87. The van der Waals surface area contributed by atoms with E-state index < -0.39 is 56.0 Å². The van der Waals surface area contributed by atoms with E-state index in [1.165, 1.54) is 6.08 Å². The summed E-state index contributed by atoms with van der Waals surface area (Å²) >= 11 is 0. The molecule has 0 bridgehead atoms. The molecule has 1 aliphatic rings. The number of esters is 1. The number of benzene rings is 1. The number of carbonyl (C=O) groups excluding carboxylic acids is 1. The second kappa shape index (κ2) is 10.5. The second-order valence-electron chi connectivity index (χ2n) is 6.01. The Morgan fingerprint density at radius 2 is 1.81 bits per heavy atom. The predicted octanol–water partition coefficient (Wildman–Crippen LogP) is -1.58. The van der Waals surface area contributed by atoms with E-state index in [-0.39, 0.29) is 6.61 Å². The highest BCUT2D eigenvalue weighted by Gasteiger charge is 2.44. The molecule has 0 aromatic heterocycles. The number of aliphatic hydroxyl groups is 5. The van der Waals surface area contributed by atoms with E-state index in [4.69, 9.17) is 19.3 Å². The first-order valence-corrected chi connectivity index (χ1v) is 8.43. The van der Waals surface area contributed by atoms with Gasteiger partial charge in [-0.05, 0) is 11.6 Å². The summed E-state index contributed by atoms with van der Waals surface area (Å²) in [6.07, 6.45) is -5.53. The van der Waals surface area contributed by atoms with Crippen molar-refractivity contribution in [2.75, 3.05) is 19.8 Å². The van der Waals surface area contributed by atoms with Gasteiger partial charge >= 0.3 is 5.97 Å². The van der Waals surface area contributed by atoms with Crippen molar-refractivity contribution in [2.24, 2.45) is 0 Å². The molecule has 6 unspecified atom stereocenters. The van der Waals surface area contributed by atoms with Gasteiger partial charge in [0.1, 0.15) is 37.1 Å². The molecule has 5 N–H and O–H groups in total. The van der Waals surface area contributed by atoms with Crippen molar-refractivity contribution in [1.82, 2.24) is 0 Å². The van der Waals surface area contributed by atoms with Gasteiger partial charge in [-0.25, -0.2) is 4.79 Å². The lowest BCUT2D eigenvalue weighted by Crippen LogP contribution is -2.60. The van der Waals surface area contributed by atoms with Crippen molar-refractivity contribution in [3.05, 3.63) is 42.0 Å². The molecule has 1 aromatic carbocycles. The molecule has 0 spiro atoms.